The van der Waals surface area contributed by atoms with Crippen LogP contribution in [0.5, 0.6) is 6.01 Å². The molecule has 7 heteroatoms. The van der Waals surface area contributed by atoms with Crippen LogP contribution in [0.25, 0.3) is 0 Å². The largest absolute Gasteiger partial charge is 0.463 e. The number of hydrogen-bond donors (Lipinski definition) is 1. The number of ether oxygens (including phenoxy) is 1. The van der Waals surface area contributed by atoms with E-state index in [2.05, 4.69) is 32.5 Å². The highest BCUT2D eigenvalue weighted by Gasteiger charge is 2.10. The molecule has 0 aliphatic rings. The summed E-state index contributed by atoms with van der Waals surface area (Å²) >= 11 is 1.75. The molecule has 0 aliphatic heterocycles. The molecule has 2 aromatic rings. The first-order valence-electron chi connectivity index (χ1n) is 6.57. The second kappa shape index (κ2) is 7.04. The van der Waals surface area contributed by atoms with Crippen molar-refractivity contribution in [3.63, 3.8) is 0 Å². The lowest BCUT2D eigenvalue weighted by molar-refractivity contribution is 0.292. The maximum atomic E-state index is 5.69. The van der Waals surface area contributed by atoms with Crippen LogP contribution < -0.4 is 15.4 Å². The molecule has 0 fully saturated rings. The maximum absolute atomic E-state index is 5.69. The van der Waals surface area contributed by atoms with Crippen molar-refractivity contribution >= 4 is 23.2 Å². The lowest BCUT2D eigenvalue weighted by atomic mass is 10.3. The van der Waals surface area contributed by atoms with E-state index in [-0.39, 0.29) is 12.0 Å². The molecule has 2 aromatic heterocycles. The van der Waals surface area contributed by atoms with Gasteiger partial charge in [-0.3, -0.25) is 0 Å². The molecule has 0 bridgehead atoms. The van der Waals surface area contributed by atoms with Crippen molar-refractivity contribution in [3.8, 4) is 6.01 Å². The van der Waals surface area contributed by atoms with Crippen LogP contribution in [0.3, 0.4) is 0 Å². The van der Waals surface area contributed by atoms with Crippen molar-refractivity contribution in [3.05, 3.63) is 22.4 Å². The number of likely N-dealkylation sites (N-methyl/N-ethyl adjacent to an activating group) is 1. The molecule has 0 spiro atoms. The van der Waals surface area contributed by atoms with Crippen LogP contribution >= 0.6 is 11.3 Å². The zero-order chi connectivity index (χ0) is 14.4. The summed E-state index contributed by atoms with van der Waals surface area (Å²) in [4.78, 5) is 15.7. The highest BCUT2D eigenvalue weighted by atomic mass is 32.1. The van der Waals surface area contributed by atoms with Crippen LogP contribution in [0.1, 0.15) is 18.2 Å². The van der Waals surface area contributed by atoms with Gasteiger partial charge in [-0.05, 0) is 24.3 Å². The molecule has 0 atom stereocenters. The van der Waals surface area contributed by atoms with Crippen LogP contribution in [-0.4, -0.2) is 35.2 Å². The Morgan fingerprint density at radius 2 is 2.20 bits per heavy atom. The minimum Gasteiger partial charge on any atom is -0.463 e. The predicted octanol–water partition coefficient (Wildman–Crippen LogP) is 1.98. The Labute approximate surface area is 122 Å². The average molecular weight is 293 g/mol. The monoisotopic (exact) mass is 293 g/mol. The Morgan fingerprint density at radius 1 is 1.35 bits per heavy atom. The summed E-state index contributed by atoms with van der Waals surface area (Å²) in [5, 5.41) is 2.08. The Bertz CT molecular complexity index is 532. The van der Waals surface area contributed by atoms with Gasteiger partial charge >= 0.3 is 6.01 Å². The summed E-state index contributed by atoms with van der Waals surface area (Å²) < 4.78 is 5.41. The third-order valence-electron chi connectivity index (χ3n) is 2.67. The summed E-state index contributed by atoms with van der Waals surface area (Å²) in [6, 6.07) is 4.46. The minimum absolute atomic E-state index is 0.184. The number of anilines is 2. The van der Waals surface area contributed by atoms with Crippen molar-refractivity contribution in [1.29, 1.82) is 0 Å². The zero-order valence-corrected chi connectivity index (χ0v) is 12.6. The van der Waals surface area contributed by atoms with Gasteiger partial charge in [-0.2, -0.15) is 15.0 Å². The van der Waals surface area contributed by atoms with E-state index in [0.29, 0.717) is 12.6 Å². The maximum Gasteiger partial charge on any atom is 0.323 e. The number of hydrogen-bond acceptors (Lipinski definition) is 7. The van der Waals surface area contributed by atoms with E-state index in [1.807, 2.05) is 18.9 Å². The SMILES string of the molecule is CCCOc1nc(N)nc(N(C)CCc2cccs2)n1. The quantitative estimate of drug-likeness (QED) is 0.841. The summed E-state index contributed by atoms with van der Waals surface area (Å²) in [7, 11) is 1.94. The van der Waals surface area contributed by atoms with Crippen LogP contribution in [0, 0.1) is 0 Å². The standard InChI is InChI=1S/C13H19N5OS/c1-3-8-19-13-16-11(14)15-12(17-13)18(2)7-6-10-5-4-9-20-10/h4-5,9H,3,6-8H2,1-2H3,(H2,14,15,16,17). The average Bonchev–Trinajstić information content (AvgIpc) is 2.95. The molecule has 2 N–H and O–H groups in total. The third-order valence-corrected chi connectivity index (χ3v) is 3.61. The summed E-state index contributed by atoms with van der Waals surface area (Å²) in [5.41, 5.74) is 5.69. The minimum atomic E-state index is 0.184. The molecule has 0 aliphatic carbocycles. The highest BCUT2D eigenvalue weighted by molar-refractivity contribution is 7.09. The number of nitrogens with two attached hydrogens (primary N) is 1. The van der Waals surface area contributed by atoms with Gasteiger partial charge in [0.25, 0.3) is 0 Å². The topological polar surface area (TPSA) is 77.2 Å². The summed E-state index contributed by atoms with van der Waals surface area (Å²) in [5.74, 6) is 0.726. The highest BCUT2D eigenvalue weighted by Crippen LogP contribution is 2.14. The van der Waals surface area contributed by atoms with Crippen molar-refractivity contribution in [2.24, 2.45) is 0 Å². The van der Waals surface area contributed by atoms with Gasteiger partial charge in [-0.1, -0.05) is 13.0 Å². The van der Waals surface area contributed by atoms with Crippen LogP contribution in [0.4, 0.5) is 11.9 Å². The first-order chi connectivity index (χ1) is 9.69. The molecule has 2 heterocycles. The fourth-order valence-corrected chi connectivity index (χ4v) is 2.32. The van der Waals surface area contributed by atoms with Crippen LogP contribution in [0.15, 0.2) is 17.5 Å². The summed E-state index contributed by atoms with van der Waals surface area (Å²) in [6.07, 6.45) is 1.85. The van der Waals surface area contributed by atoms with Crippen LogP contribution in [-0.2, 0) is 6.42 Å². The van der Waals surface area contributed by atoms with E-state index in [0.717, 1.165) is 19.4 Å². The molecule has 20 heavy (non-hydrogen) atoms. The fraction of sp³-hybridized carbons (Fsp3) is 0.462. The molecule has 0 unspecified atom stereocenters. The summed E-state index contributed by atoms with van der Waals surface area (Å²) in [6.45, 7) is 3.41. The van der Waals surface area contributed by atoms with Gasteiger partial charge in [0.15, 0.2) is 0 Å². The van der Waals surface area contributed by atoms with Gasteiger partial charge < -0.3 is 15.4 Å². The van der Waals surface area contributed by atoms with Crippen LogP contribution in [0.2, 0.25) is 0 Å². The molecule has 0 saturated carbocycles. The molecule has 2 rings (SSSR count). The lowest BCUT2D eigenvalue weighted by Crippen LogP contribution is -2.23. The molecular formula is C13H19N5OS. The zero-order valence-electron chi connectivity index (χ0n) is 11.7. The van der Waals surface area contributed by atoms with Crippen molar-refractivity contribution in [2.75, 3.05) is 30.8 Å². The van der Waals surface area contributed by atoms with E-state index >= 15 is 0 Å². The number of nitrogens with zero attached hydrogens (tertiary/aromatic N) is 4. The van der Waals surface area contributed by atoms with E-state index in [1.54, 1.807) is 11.3 Å². The first-order valence-corrected chi connectivity index (χ1v) is 7.45. The molecule has 0 aromatic carbocycles. The third kappa shape index (κ3) is 4.06. The Hall–Kier alpha value is -1.89. The van der Waals surface area contributed by atoms with Gasteiger partial charge in [0.2, 0.25) is 11.9 Å². The van der Waals surface area contributed by atoms with Crippen molar-refractivity contribution < 1.29 is 4.74 Å². The van der Waals surface area contributed by atoms with Gasteiger partial charge in [0.05, 0.1) is 6.61 Å². The second-order valence-electron chi connectivity index (χ2n) is 4.38. The van der Waals surface area contributed by atoms with Gasteiger partial charge in [-0.25, -0.2) is 0 Å². The number of nitrogen functional groups attached to an aromatic ring is 1. The predicted molar refractivity (Wildman–Crippen MR) is 81.3 cm³/mol. The molecule has 0 saturated heterocycles. The van der Waals surface area contributed by atoms with Crippen molar-refractivity contribution in [2.45, 2.75) is 19.8 Å². The van der Waals surface area contributed by atoms with E-state index in [1.165, 1.54) is 4.88 Å². The molecule has 6 nitrogen and oxygen atoms in total. The van der Waals surface area contributed by atoms with E-state index < -0.39 is 0 Å². The number of rotatable bonds is 7. The Balaban J connectivity index is 2.00. The van der Waals surface area contributed by atoms with Gasteiger partial charge in [0.1, 0.15) is 0 Å². The number of thiophene rings is 1. The van der Waals surface area contributed by atoms with E-state index in [9.17, 15) is 0 Å². The molecule has 108 valence electrons. The van der Waals surface area contributed by atoms with Gasteiger partial charge in [0, 0.05) is 18.5 Å². The normalized spacial score (nSPS) is 10.5. The molecular weight excluding hydrogens is 274 g/mol. The number of aromatic nitrogens is 3. The second-order valence-corrected chi connectivity index (χ2v) is 5.41. The molecule has 0 amide bonds. The fourth-order valence-electron chi connectivity index (χ4n) is 1.62. The van der Waals surface area contributed by atoms with Gasteiger partial charge in [-0.15, -0.1) is 11.3 Å². The smallest absolute Gasteiger partial charge is 0.323 e. The lowest BCUT2D eigenvalue weighted by Gasteiger charge is -2.17. The Kier molecular flexibility index (Phi) is 5.11. The van der Waals surface area contributed by atoms with E-state index in [4.69, 9.17) is 10.5 Å². The Morgan fingerprint density at radius 3 is 2.90 bits per heavy atom. The molecule has 0 radical (unpaired) electrons. The first kappa shape index (κ1) is 14.5. The van der Waals surface area contributed by atoms with Crippen molar-refractivity contribution in [1.82, 2.24) is 15.0 Å².